The Morgan fingerprint density at radius 2 is 2.10 bits per heavy atom. The smallest absolute Gasteiger partial charge is 0.119 e. The highest BCUT2D eigenvalue weighted by atomic mass is 16.5. The quantitative estimate of drug-likeness (QED) is 0.743. The molecule has 20 heavy (non-hydrogen) atoms. The van der Waals surface area contributed by atoms with E-state index >= 15 is 0 Å². The highest BCUT2D eigenvalue weighted by molar-refractivity contribution is 5.39. The number of hydrogen-bond acceptors (Lipinski definition) is 4. The number of rotatable bonds is 6. The van der Waals surface area contributed by atoms with Gasteiger partial charge in [-0.05, 0) is 48.9 Å². The van der Waals surface area contributed by atoms with Crippen molar-refractivity contribution in [2.24, 2.45) is 0 Å². The molecule has 4 nitrogen and oxygen atoms in total. The number of aliphatic hydroxyl groups excluding tert-OH is 2. The molecule has 0 spiro atoms. The van der Waals surface area contributed by atoms with E-state index in [4.69, 9.17) is 4.74 Å². The van der Waals surface area contributed by atoms with Crippen molar-refractivity contribution < 1.29 is 14.9 Å². The molecule has 0 bridgehead atoms. The van der Waals surface area contributed by atoms with E-state index in [0.29, 0.717) is 6.42 Å². The van der Waals surface area contributed by atoms with Crippen LogP contribution in [0.25, 0.3) is 0 Å². The van der Waals surface area contributed by atoms with Gasteiger partial charge in [0.2, 0.25) is 0 Å². The summed E-state index contributed by atoms with van der Waals surface area (Å²) < 4.78 is 5.28. The number of ether oxygens (including phenoxy) is 1. The third-order valence-electron chi connectivity index (χ3n) is 4.43. The average molecular weight is 279 g/mol. The lowest BCUT2D eigenvalue weighted by Crippen LogP contribution is -2.53. The zero-order valence-electron chi connectivity index (χ0n) is 12.4. The maximum atomic E-state index is 9.59. The van der Waals surface area contributed by atoms with Crippen molar-refractivity contribution in [3.05, 3.63) is 29.3 Å². The Balaban J connectivity index is 2.24. The van der Waals surface area contributed by atoms with Crippen LogP contribution in [0.1, 0.15) is 43.4 Å². The van der Waals surface area contributed by atoms with E-state index in [0.717, 1.165) is 25.0 Å². The summed E-state index contributed by atoms with van der Waals surface area (Å²) in [5.74, 6) is 0.885. The normalized spacial score (nSPS) is 18.7. The van der Waals surface area contributed by atoms with Crippen LogP contribution < -0.4 is 10.1 Å². The minimum atomic E-state index is -0.598. The monoisotopic (exact) mass is 279 g/mol. The van der Waals surface area contributed by atoms with Crippen molar-refractivity contribution >= 4 is 0 Å². The molecular weight excluding hydrogens is 254 g/mol. The summed E-state index contributed by atoms with van der Waals surface area (Å²) in [5.41, 5.74) is 1.96. The van der Waals surface area contributed by atoms with Crippen molar-refractivity contribution in [2.75, 3.05) is 20.3 Å². The fraction of sp³-hybridized carbons (Fsp3) is 0.625. The molecule has 0 saturated heterocycles. The SMILES string of the molecule is CCC(CO)(CO)NC1CCCc2cc(OC)ccc21. The predicted molar refractivity (Wildman–Crippen MR) is 79.0 cm³/mol. The summed E-state index contributed by atoms with van der Waals surface area (Å²) in [5, 5.41) is 22.7. The maximum absolute atomic E-state index is 9.59. The van der Waals surface area contributed by atoms with E-state index in [-0.39, 0.29) is 19.3 Å². The van der Waals surface area contributed by atoms with Gasteiger partial charge in [0.25, 0.3) is 0 Å². The number of methoxy groups -OCH3 is 1. The van der Waals surface area contributed by atoms with Gasteiger partial charge in [-0.1, -0.05) is 13.0 Å². The van der Waals surface area contributed by atoms with Crippen molar-refractivity contribution in [2.45, 2.75) is 44.2 Å². The summed E-state index contributed by atoms with van der Waals surface area (Å²) >= 11 is 0. The molecule has 0 aromatic heterocycles. The van der Waals surface area contributed by atoms with Crippen molar-refractivity contribution in [3.8, 4) is 5.75 Å². The third-order valence-corrected chi connectivity index (χ3v) is 4.43. The van der Waals surface area contributed by atoms with Crippen LogP contribution in [0.15, 0.2) is 18.2 Å². The average Bonchev–Trinajstić information content (AvgIpc) is 2.52. The highest BCUT2D eigenvalue weighted by Gasteiger charge is 2.31. The van der Waals surface area contributed by atoms with E-state index in [1.807, 2.05) is 13.0 Å². The Hall–Kier alpha value is -1.10. The maximum Gasteiger partial charge on any atom is 0.119 e. The minimum Gasteiger partial charge on any atom is -0.497 e. The Bertz CT molecular complexity index is 435. The van der Waals surface area contributed by atoms with Gasteiger partial charge in [0.05, 0.1) is 25.9 Å². The third kappa shape index (κ3) is 2.97. The standard InChI is InChI=1S/C16H25NO3/c1-3-16(10-18,11-19)17-15-6-4-5-12-9-13(20-2)7-8-14(12)15/h7-9,15,17-19H,3-6,10-11H2,1-2H3. The van der Waals surface area contributed by atoms with Crippen LogP contribution in [0.5, 0.6) is 5.75 Å². The van der Waals surface area contributed by atoms with Gasteiger partial charge >= 0.3 is 0 Å². The largest absolute Gasteiger partial charge is 0.497 e. The van der Waals surface area contributed by atoms with Crippen LogP contribution in [0.4, 0.5) is 0 Å². The molecule has 0 radical (unpaired) electrons. The lowest BCUT2D eigenvalue weighted by Gasteiger charge is -2.37. The number of aryl methyl sites for hydroxylation is 1. The van der Waals surface area contributed by atoms with Crippen LogP contribution in [-0.2, 0) is 6.42 Å². The number of fused-ring (bicyclic) bond motifs is 1. The summed E-state index contributed by atoms with van der Waals surface area (Å²) in [4.78, 5) is 0. The number of benzene rings is 1. The van der Waals surface area contributed by atoms with E-state index in [9.17, 15) is 10.2 Å². The lowest BCUT2D eigenvalue weighted by atomic mass is 9.85. The van der Waals surface area contributed by atoms with Crippen molar-refractivity contribution in [1.29, 1.82) is 0 Å². The van der Waals surface area contributed by atoms with Gasteiger partial charge < -0.3 is 20.3 Å². The van der Waals surface area contributed by atoms with Crippen molar-refractivity contribution in [3.63, 3.8) is 0 Å². The topological polar surface area (TPSA) is 61.7 Å². The van der Waals surface area contributed by atoms with Gasteiger partial charge in [0.15, 0.2) is 0 Å². The van der Waals surface area contributed by atoms with Crippen LogP contribution in [0, 0.1) is 0 Å². The Morgan fingerprint density at radius 3 is 2.70 bits per heavy atom. The fourth-order valence-electron chi connectivity index (χ4n) is 2.90. The zero-order chi connectivity index (χ0) is 14.6. The van der Waals surface area contributed by atoms with E-state index in [1.54, 1.807) is 7.11 Å². The second kappa shape index (κ2) is 6.57. The lowest BCUT2D eigenvalue weighted by molar-refractivity contribution is 0.0751. The fourth-order valence-corrected chi connectivity index (χ4v) is 2.90. The molecule has 1 atom stereocenters. The Morgan fingerprint density at radius 1 is 1.35 bits per heavy atom. The van der Waals surface area contributed by atoms with E-state index in [2.05, 4.69) is 17.4 Å². The molecule has 2 rings (SSSR count). The predicted octanol–water partition coefficient (Wildman–Crippen LogP) is 1.80. The molecule has 1 aromatic carbocycles. The molecule has 0 saturated carbocycles. The number of nitrogens with one attached hydrogen (secondary N) is 1. The summed E-state index contributed by atoms with van der Waals surface area (Å²) in [6, 6.07) is 6.35. The van der Waals surface area contributed by atoms with Crippen LogP contribution in [0.3, 0.4) is 0 Å². The van der Waals surface area contributed by atoms with Crippen LogP contribution >= 0.6 is 0 Å². The summed E-state index contributed by atoms with van der Waals surface area (Å²) in [7, 11) is 1.68. The van der Waals surface area contributed by atoms with Gasteiger partial charge in [-0.25, -0.2) is 0 Å². The molecule has 0 aliphatic heterocycles. The highest BCUT2D eigenvalue weighted by Crippen LogP contribution is 2.33. The van der Waals surface area contributed by atoms with Crippen LogP contribution in [-0.4, -0.2) is 36.1 Å². The molecule has 4 heteroatoms. The minimum absolute atomic E-state index is 0.0536. The second-order valence-corrected chi connectivity index (χ2v) is 5.60. The molecule has 1 aromatic rings. The van der Waals surface area contributed by atoms with Gasteiger partial charge in [-0.2, -0.15) is 0 Å². The Kier molecular flexibility index (Phi) is 5.02. The first-order valence-corrected chi connectivity index (χ1v) is 7.34. The second-order valence-electron chi connectivity index (χ2n) is 5.60. The van der Waals surface area contributed by atoms with Crippen molar-refractivity contribution in [1.82, 2.24) is 5.32 Å². The van der Waals surface area contributed by atoms with Crippen LogP contribution in [0.2, 0.25) is 0 Å². The Labute approximate surface area is 120 Å². The van der Waals surface area contributed by atoms with E-state index < -0.39 is 5.54 Å². The summed E-state index contributed by atoms with van der Waals surface area (Å²) in [6.45, 7) is 1.88. The molecule has 0 fully saturated rings. The molecular formula is C16H25NO3. The zero-order valence-corrected chi connectivity index (χ0v) is 12.4. The number of aliphatic hydroxyl groups is 2. The van der Waals surface area contributed by atoms with Gasteiger partial charge in [-0.15, -0.1) is 0 Å². The molecule has 3 N–H and O–H groups in total. The van der Waals surface area contributed by atoms with E-state index in [1.165, 1.54) is 11.1 Å². The van der Waals surface area contributed by atoms with Gasteiger partial charge in [0, 0.05) is 6.04 Å². The molecule has 1 aliphatic rings. The molecule has 0 amide bonds. The molecule has 112 valence electrons. The molecule has 1 aliphatic carbocycles. The first kappa shape index (κ1) is 15.3. The number of hydrogen-bond donors (Lipinski definition) is 3. The molecule has 1 unspecified atom stereocenters. The molecule has 0 heterocycles. The van der Waals surface area contributed by atoms with Gasteiger partial charge in [0.1, 0.15) is 5.75 Å². The summed E-state index contributed by atoms with van der Waals surface area (Å²) in [6.07, 6.45) is 3.89. The first-order chi connectivity index (χ1) is 9.68. The first-order valence-electron chi connectivity index (χ1n) is 7.34. The van der Waals surface area contributed by atoms with Gasteiger partial charge in [-0.3, -0.25) is 0 Å².